The Morgan fingerprint density at radius 1 is 1.20 bits per heavy atom. The molecule has 1 amide bonds. The predicted octanol–water partition coefficient (Wildman–Crippen LogP) is 3.73. The zero-order valence-corrected chi connectivity index (χ0v) is 17.2. The molecular formula is C23H26N2O5. The molecule has 1 aliphatic rings. The summed E-state index contributed by atoms with van der Waals surface area (Å²) >= 11 is 0. The Morgan fingerprint density at radius 2 is 2.00 bits per heavy atom. The number of aryl methyl sites for hydroxylation is 1. The fraction of sp³-hybridized carbons (Fsp3) is 0.348. The standard InChI is InChI=1S/C23H26N2O5/c1-3-30-23(29)17-8-5-11-25(14-17)20-10-9-18(13-19(20)22(27)28)24-21(26)16-7-4-6-15(2)12-16/h4,6-7,9-10,12-13,17H,3,5,8,11,14H2,1-2H3,(H,24,26)(H,27,28)/t17-/m1/s1. The summed E-state index contributed by atoms with van der Waals surface area (Å²) in [6, 6.07) is 12.0. The lowest BCUT2D eigenvalue weighted by Gasteiger charge is -2.34. The SMILES string of the molecule is CCOC(=O)[C@@H]1CCCN(c2ccc(NC(=O)c3cccc(C)c3)cc2C(=O)O)C1. The second kappa shape index (κ2) is 9.43. The number of aromatic carboxylic acids is 1. The highest BCUT2D eigenvalue weighted by atomic mass is 16.5. The van der Waals surface area contributed by atoms with Crippen molar-refractivity contribution in [1.82, 2.24) is 0 Å². The molecule has 1 aliphatic heterocycles. The number of benzene rings is 2. The summed E-state index contributed by atoms with van der Waals surface area (Å²) in [4.78, 5) is 38.4. The lowest BCUT2D eigenvalue weighted by molar-refractivity contribution is -0.148. The number of piperidine rings is 1. The van der Waals surface area contributed by atoms with Gasteiger partial charge in [-0.25, -0.2) is 4.79 Å². The molecule has 3 rings (SSSR count). The smallest absolute Gasteiger partial charge is 0.337 e. The number of hydrogen-bond acceptors (Lipinski definition) is 5. The highest BCUT2D eigenvalue weighted by Gasteiger charge is 2.29. The van der Waals surface area contributed by atoms with Crippen LogP contribution in [0.3, 0.4) is 0 Å². The van der Waals surface area contributed by atoms with Crippen LogP contribution >= 0.6 is 0 Å². The molecule has 2 aromatic rings. The number of esters is 1. The monoisotopic (exact) mass is 410 g/mol. The number of ether oxygens (including phenoxy) is 1. The van der Waals surface area contributed by atoms with Crippen LogP contribution in [-0.4, -0.2) is 42.6 Å². The molecule has 30 heavy (non-hydrogen) atoms. The van der Waals surface area contributed by atoms with Crippen molar-refractivity contribution in [3.8, 4) is 0 Å². The average Bonchev–Trinajstić information content (AvgIpc) is 2.74. The van der Waals surface area contributed by atoms with Crippen LogP contribution in [0.1, 0.15) is 46.0 Å². The number of carbonyl (C=O) groups is 3. The van der Waals surface area contributed by atoms with Gasteiger partial charge in [-0.05, 0) is 57.0 Å². The van der Waals surface area contributed by atoms with E-state index in [1.807, 2.05) is 17.9 Å². The molecule has 158 valence electrons. The number of nitrogens with zero attached hydrogens (tertiary/aromatic N) is 1. The Kier molecular flexibility index (Phi) is 6.72. The van der Waals surface area contributed by atoms with Crippen LogP contribution in [0.15, 0.2) is 42.5 Å². The Morgan fingerprint density at radius 3 is 2.70 bits per heavy atom. The molecule has 0 spiro atoms. The maximum atomic E-state index is 12.5. The van der Waals surface area contributed by atoms with Crippen molar-refractivity contribution < 1.29 is 24.2 Å². The van der Waals surface area contributed by atoms with Gasteiger partial charge in [0.05, 0.1) is 23.8 Å². The van der Waals surface area contributed by atoms with E-state index in [1.54, 1.807) is 37.3 Å². The first-order valence-corrected chi connectivity index (χ1v) is 10.1. The second-order valence-electron chi connectivity index (χ2n) is 7.40. The molecule has 0 radical (unpaired) electrons. The predicted molar refractivity (Wildman–Crippen MR) is 114 cm³/mol. The molecule has 2 aromatic carbocycles. The number of nitrogens with one attached hydrogen (secondary N) is 1. The van der Waals surface area contributed by atoms with Crippen molar-refractivity contribution >= 4 is 29.2 Å². The number of amides is 1. The average molecular weight is 410 g/mol. The van der Waals surface area contributed by atoms with E-state index in [-0.39, 0.29) is 23.4 Å². The molecular weight excluding hydrogens is 384 g/mol. The third kappa shape index (κ3) is 4.97. The van der Waals surface area contributed by atoms with Crippen molar-refractivity contribution in [1.29, 1.82) is 0 Å². The molecule has 7 nitrogen and oxygen atoms in total. The van der Waals surface area contributed by atoms with Crippen LogP contribution in [-0.2, 0) is 9.53 Å². The Labute approximate surface area is 175 Å². The van der Waals surface area contributed by atoms with Crippen LogP contribution in [0.5, 0.6) is 0 Å². The zero-order chi connectivity index (χ0) is 21.7. The van der Waals surface area contributed by atoms with E-state index in [2.05, 4.69) is 5.32 Å². The van der Waals surface area contributed by atoms with Crippen molar-refractivity contribution in [3.05, 3.63) is 59.2 Å². The lowest BCUT2D eigenvalue weighted by Crippen LogP contribution is -2.40. The van der Waals surface area contributed by atoms with Gasteiger partial charge >= 0.3 is 11.9 Å². The summed E-state index contributed by atoms with van der Waals surface area (Å²) < 4.78 is 5.13. The Hall–Kier alpha value is -3.35. The number of carboxylic acids is 1. The first-order valence-electron chi connectivity index (χ1n) is 10.1. The summed E-state index contributed by atoms with van der Waals surface area (Å²) in [6.45, 7) is 5.06. The van der Waals surface area contributed by atoms with Gasteiger partial charge in [0, 0.05) is 24.3 Å². The van der Waals surface area contributed by atoms with Crippen LogP contribution in [0.4, 0.5) is 11.4 Å². The molecule has 0 saturated carbocycles. The molecule has 1 fully saturated rings. The fourth-order valence-corrected chi connectivity index (χ4v) is 3.70. The molecule has 0 unspecified atom stereocenters. The molecule has 1 saturated heterocycles. The third-order valence-electron chi connectivity index (χ3n) is 5.15. The molecule has 0 bridgehead atoms. The van der Waals surface area contributed by atoms with E-state index < -0.39 is 5.97 Å². The first kappa shape index (κ1) is 21.4. The number of anilines is 2. The van der Waals surface area contributed by atoms with E-state index in [0.717, 1.165) is 18.4 Å². The third-order valence-corrected chi connectivity index (χ3v) is 5.15. The maximum absolute atomic E-state index is 12.5. The van der Waals surface area contributed by atoms with Crippen LogP contribution in [0, 0.1) is 12.8 Å². The summed E-state index contributed by atoms with van der Waals surface area (Å²) in [6.07, 6.45) is 1.50. The largest absolute Gasteiger partial charge is 0.478 e. The van der Waals surface area contributed by atoms with Gasteiger partial charge in [-0.2, -0.15) is 0 Å². The number of hydrogen-bond donors (Lipinski definition) is 2. The van der Waals surface area contributed by atoms with Gasteiger partial charge < -0.3 is 20.1 Å². The highest BCUT2D eigenvalue weighted by molar-refractivity contribution is 6.05. The molecule has 2 N–H and O–H groups in total. The molecule has 7 heteroatoms. The second-order valence-corrected chi connectivity index (χ2v) is 7.40. The minimum Gasteiger partial charge on any atom is -0.478 e. The molecule has 0 aliphatic carbocycles. The maximum Gasteiger partial charge on any atom is 0.337 e. The summed E-state index contributed by atoms with van der Waals surface area (Å²) in [5.74, 6) is -1.92. The molecule has 1 atom stereocenters. The summed E-state index contributed by atoms with van der Waals surface area (Å²) in [5.41, 5.74) is 2.49. The van der Waals surface area contributed by atoms with Crippen LogP contribution in [0.2, 0.25) is 0 Å². The topological polar surface area (TPSA) is 95.9 Å². The van der Waals surface area contributed by atoms with Gasteiger partial charge in [0.1, 0.15) is 0 Å². The van der Waals surface area contributed by atoms with Crippen molar-refractivity contribution in [2.75, 3.05) is 29.9 Å². The van der Waals surface area contributed by atoms with Gasteiger partial charge in [-0.15, -0.1) is 0 Å². The normalized spacial score (nSPS) is 16.1. The van der Waals surface area contributed by atoms with Gasteiger partial charge in [0.15, 0.2) is 0 Å². The van der Waals surface area contributed by atoms with Crippen molar-refractivity contribution in [2.45, 2.75) is 26.7 Å². The van der Waals surface area contributed by atoms with Gasteiger partial charge in [-0.3, -0.25) is 9.59 Å². The van der Waals surface area contributed by atoms with E-state index in [1.165, 1.54) is 6.07 Å². The van der Waals surface area contributed by atoms with E-state index in [4.69, 9.17) is 4.74 Å². The van der Waals surface area contributed by atoms with Crippen LogP contribution < -0.4 is 10.2 Å². The van der Waals surface area contributed by atoms with Crippen LogP contribution in [0.25, 0.3) is 0 Å². The quantitative estimate of drug-likeness (QED) is 0.705. The Balaban J connectivity index is 1.81. The number of rotatable bonds is 6. The number of carbonyl (C=O) groups excluding carboxylic acids is 2. The van der Waals surface area contributed by atoms with Crippen molar-refractivity contribution in [2.24, 2.45) is 5.92 Å². The fourth-order valence-electron chi connectivity index (χ4n) is 3.70. The molecule has 0 aromatic heterocycles. The van der Waals surface area contributed by atoms with Gasteiger partial charge in [-0.1, -0.05) is 17.7 Å². The van der Waals surface area contributed by atoms with E-state index in [0.29, 0.717) is 36.6 Å². The first-order chi connectivity index (χ1) is 14.4. The minimum absolute atomic E-state index is 0.0848. The summed E-state index contributed by atoms with van der Waals surface area (Å²) in [5, 5.41) is 12.5. The van der Waals surface area contributed by atoms with E-state index >= 15 is 0 Å². The Bertz CT molecular complexity index is 956. The lowest BCUT2D eigenvalue weighted by atomic mass is 9.96. The highest BCUT2D eigenvalue weighted by Crippen LogP contribution is 2.29. The summed E-state index contributed by atoms with van der Waals surface area (Å²) in [7, 11) is 0. The van der Waals surface area contributed by atoms with Gasteiger partial charge in [0.25, 0.3) is 5.91 Å². The zero-order valence-electron chi connectivity index (χ0n) is 17.2. The van der Waals surface area contributed by atoms with Gasteiger partial charge in [0.2, 0.25) is 0 Å². The number of carboxylic acid groups (broad SMARTS) is 1. The molecule has 1 heterocycles. The van der Waals surface area contributed by atoms with Crippen molar-refractivity contribution in [3.63, 3.8) is 0 Å². The van der Waals surface area contributed by atoms with E-state index in [9.17, 15) is 19.5 Å². The minimum atomic E-state index is -1.09.